The van der Waals surface area contributed by atoms with Crippen LogP contribution in [0.2, 0.25) is 0 Å². The van der Waals surface area contributed by atoms with Gasteiger partial charge in [-0.15, -0.1) is 0 Å². The Labute approximate surface area is 142 Å². The molecule has 2 aromatic rings. The summed E-state index contributed by atoms with van der Waals surface area (Å²) in [6.45, 7) is 4.15. The standard InChI is InChI=1S/C19H23N3O2/c1-3-21-19(24)15-11-7-8-12-16(15)22-18(23)13(2)17(20)14-9-5-4-6-10-14/h4-13,17H,3,20H2,1-2H3,(H,21,24)(H,22,23). The van der Waals surface area contributed by atoms with E-state index in [0.717, 1.165) is 5.56 Å². The molecule has 0 heterocycles. The van der Waals surface area contributed by atoms with E-state index in [1.807, 2.05) is 37.3 Å². The molecule has 0 saturated heterocycles. The highest BCUT2D eigenvalue weighted by Gasteiger charge is 2.23. The number of benzene rings is 2. The van der Waals surface area contributed by atoms with Gasteiger partial charge in [0.1, 0.15) is 0 Å². The van der Waals surface area contributed by atoms with Gasteiger partial charge in [-0.3, -0.25) is 9.59 Å². The van der Waals surface area contributed by atoms with Gasteiger partial charge in [0, 0.05) is 12.6 Å². The van der Waals surface area contributed by atoms with E-state index in [2.05, 4.69) is 10.6 Å². The first-order chi connectivity index (χ1) is 11.5. The van der Waals surface area contributed by atoms with Gasteiger partial charge < -0.3 is 16.4 Å². The minimum Gasteiger partial charge on any atom is -0.352 e. The Morgan fingerprint density at radius 2 is 1.67 bits per heavy atom. The smallest absolute Gasteiger partial charge is 0.253 e. The molecule has 126 valence electrons. The average molecular weight is 325 g/mol. The predicted octanol–water partition coefficient (Wildman–Crippen LogP) is 2.71. The highest BCUT2D eigenvalue weighted by atomic mass is 16.2. The van der Waals surface area contributed by atoms with Crippen molar-refractivity contribution in [3.63, 3.8) is 0 Å². The molecule has 2 atom stereocenters. The first kappa shape index (κ1) is 17.7. The summed E-state index contributed by atoms with van der Waals surface area (Å²) < 4.78 is 0. The third-order valence-corrected chi connectivity index (χ3v) is 3.90. The van der Waals surface area contributed by atoms with E-state index >= 15 is 0 Å². The Bertz CT molecular complexity index is 701. The van der Waals surface area contributed by atoms with Gasteiger partial charge in [0.05, 0.1) is 17.2 Å². The molecule has 5 heteroatoms. The second-order valence-corrected chi connectivity index (χ2v) is 5.62. The molecule has 2 aromatic carbocycles. The van der Waals surface area contributed by atoms with Crippen molar-refractivity contribution in [2.75, 3.05) is 11.9 Å². The zero-order chi connectivity index (χ0) is 17.5. The van der Waals surface area contributed by atoms with Crippen molar-refractivity contribution < 1.29 is 9.59 Å². The second-order valence-electron chi connectivity index (χ2n) is 5.62. The summed E-state index contributed by atoms with van der Waals surface area (Å²) in [7, 11) is 0. The summed E-state index contributed by atoms with van der Waals surface area (Å²) in [5, 5.41) is 5.56. The van der Waals surface area contributed by atoms with Crippen LogP contribution >= 0.6 is 0 Å². The Kier molecular flexibility index (Phi) is 6.09. The molecule has 0 saturated carbocycles. The van der Waals surface area contributed by atoms with Gasteiger partial charge in [-0.1, -0.05) is 49.4 Å². The molecule has 2 rings (SSSR count). The van der Waals surface area contributed by atoms with Crippen molar-refractivity contribution in [2.24, 2.45) is 11.7 Å². The number of hydrogen-bond acceptors (Lipinski definition) is 3. The van der Waals surface area contributed by atoms with Crippen LogP contribution in [0, 0.1) is 5.92 Å². The van der Waals surface area contributed by atoms with Crippen LogP contribution in [0.5, 0.6) is 0 Å². The van der Waals surface area contributed by atoms with Crippen molar-refractivity contribution in [3.05, 3.63) is 65.7 Å². The second kappa shape index (κ2) is 8.26. The molecule has 4 N–H and O–H groups in total. The fourth-order valence-electron chi connectivity index (χ4n) is 2.42. The van der Waals surface area contributed by atoms with E-state index < -0.39 is 12.0 Å². The number of nitrogens with one attached hydrogen (secondary N) is 2. The summed E-state index contributed by atoms with van der Waals surface area (Å²) in [6.07, 6.45) is 0. The quantitative estimate of drug-likeness (QED) is 0.763. The number of rotatable bonds is 6. The SMILES string of the molecule is CCNC(=O)c1ccccc1NC(=O)C(C)C(N)c1ccccc1. The molecule has 24 heavy (non-hydrogen) atoms. The third kappa shape index (κ3) is 4.20. The van der Waals surface area contributed by atoms with Crippen LogP contribution in [0.1, 0.15) is 35.8 Å². The monoisotopic (exact) mass is 325 g/mol. The number of para-hydroxylation sites is 1. The maximum atomic E-state index is 12.5. The summed E-state index contributed by atoms with van der Waals surface area (Å²) in [4.78, 5) is 24.6. The molecule has 5 nitrogen and oxygen atoms in total. The number of amides is 2. The van der Waals surface area contributed by atoms with Crippen LogP contribution in [0.25, 0.3) is 0 Å². The van der Waals surface area contributed by atoms with Gasteiger partial charge in [-0.25, -0.2) is 0 Å². The van der Waals surface area contributed by atoms with Crippen molar-refractivity contribution in [1.82, 2.24) is 5.32 Å². The Hall–Kier alpha value is -2.66. The lowest BCUT2D eigenvalue weighted by molar-refractivity contribution is -0.120. The van der Waals surface area contributed by atoms with Crippen LogP contribution in [-0.2, 0) is 4.79 Å². The van der Waals surface area contributed by atoms with E-state index in [4.69, 9.17) is 5.73 Å². The molecule has 0 aliphatic rings. The van der Waals surface area contributed by atoms with Crippen LogP contribution < -0.4 is 16.4 Å². The van der Waals surface area contributed by atoms with Crippen LogP contribution in [0.15, 0.2) is 54.6 Å². The van der Waals surface area contributed by atoms with Gasteiger partial charge in [-0.05, 0) is 24.6 Å². The van der Waals surface area contributed by atoms with Crippen molar-refractivity contribution in [2.45, 2.75) is 19.9 Å². The maximum absolute atomic E-state index is 12.5. The third-order valence-electron chi connectivity index (χ3n) is 3.90. The fourth-order valence-corrected chi connectivity index (χ4v) is 2.42. The van der Waals surface area contributed by atoms with E-state index in [0.29, 0.717) is 17.8 Å². The van der Waals surface area contributed by atoms with Gasteiger partial charge >= 0.3 is 0 Å². The molecule has 0 aliphatic heterocycles. The maximum Gasteiger partial charge on any atom is 0.253 e. The average Bonchev–Trinajstić information content (AvgIpc) is 2.61. The molecule has 0 fully saturated rings. The van der Waals surface area contributed by atoms with Crippen molar-refractivity contribution in [3.8, 4) is 0 Å². The topological polar surface area (TPSA) is 84.2 Å². The summed E-state index contributed by atoms with van der Waals surface area (Å²) in [5.41, 5.74) is 8.02. The molecule has 0 bridgehead atoms. The van der Waals surface area contributed by atoms with Crippen LogP contribution in [0.4, 0.5) is 5.69 Å². The summed E-state index contributed by atoms with van der Waals surface area (Å²) in [6, 6.07) is 16.0. The van der Waals surface area contributed by atoms with Crippen molar-refractivity contribution >= 4 is 17.5 Å². The fraction of sp³-hybridized carbons (Fsp3) is 0.263. The molecule has 0 spiro atoms. The summed E-state index contributed by atoms with van der Waals surface area (Å²) in [5.74, 6) is -0.869. The molecule has 2 amide bonds. The van der Waals surface area contributed by atoms with Gasteiger partial charge in [0.2, 0.25) is 5.91 Å². The minimum absolute atomic E-state index is 0.214. The van der Waals surface area contributed by atoms with Gasteiger partial charge in [0.25, 0.3) is 5.91 Å². The van der Waals surface area contributed by atoms with Gasteiger partial charge in [-0.2, -0.15) is 0 Å². The minimum atomic E-state index is -0.435. The van der Waals surface area contributed by atoms with Crippen LogP contribution in [0.3, 0.4) is 0 Å². The molecule has 0 radical (unpaired) electrons. The number of carbonyl (C=O) groups is 2. The zero-order valence-corrected chi connectivity index (χ0v) is 14.0. The van der Waals surface area contributed by atoms with E-state index in [-0.39, 0.29) is 11.8 Å². The van der Waals surface area contributed by atoms with E-state index in [9.17, 15) is 9.59 Å². The summed E-state index contributed by atoms with van der Waals surface area (Å²) >= 11 is 0. The Balaban J connectivity index is 2.13. The van der Waals surface area contributed by atoms with Crippen LogP contribution in [-0.4, -0.2) is 18.4 Å². The zero-order valence-electron chi connectivity index (χ0n) is 14.0. The highest BCUT2D eigenvalue weighted by molar-refractivity contribution is 6.04. The first-order valence-electron chi connectivity index (χ1n) is 8.03. The highest BCUT2D eigenvalue weighted by Crippen LogP contribution is 2.22. The van der Waals surface area contributed by atoms with E-state index in [1.165, 1.54) is 0 Å². The largest absolute Gasteiger partial charge is 0.352 e. The molecular formula is C19H23N3O2. The number of nitrogens with two attached hydrogens (primary N) is 1. The lowest BCUT2D eigenvalue weighted by atomic mass is 9.94. The van der Waals surface area contributed by atoms with E-state index in [1.54, 1.807) is 31.2 Å². The number of carbonyl (C=O) groups excluding carboxylic acids is 2. The molecule has 0 aromatic heterocycles. The van der Waals surface area contributed by atoms with Crippen molar-refractivity contribution in [1.29, 1.82) is 0 Å². The Morgan fingerprint density at radius 1 is 1.04 bits per heavy atom. The molecular weight excluding hydrogens is 302 g/mol. The Morgan fingerprint density at radius 3 is 2.33 bits per heavy atom. The molecule has 0 aliphatic carbocycles. The normalized spacial score (nSPS) is 13.0. The number of hydrogen-bond donors (Lipinski definition) is 3. The molecule has 2 unspecified atom stereocenters. The predicted molar refractivity (Wildman–Crippen MR) is 95.6 cm³/mol. The lowest BCUT2D eigenvalue weighted by Gasteiger charge is -2.20. The lowest BCUT2D eigenvalue weighted by Crippen LogP contribution is -2.31. The van der Waals surface area contributed by atoms with Gasteiger partial charge in [0.15, 0.2) is 0 Å². The first-order valence-corrected chi connectivity index (χ1v) is 8.03. The number of anilines is 1.